The van der Waals surface area contributed by atoms with E-state index in [-0.39, 0.29) is 24.0 Å². The summed E-state index contributed by atoms with van der Waals surface area (Å²) < 4.78 is 0. The number of nitrogen functional groups attached to an aromatic ring is 1. The third-order valence-electron chi connectivity index (χ3n) is 3.85. The molecule has 114 valence electrons. The van der Waals surface area contributed by atoms with E-state index in [0.717, 1.165) is 5.56 Å². The summed E-state index contributed by atoms with van der Waals surface area (Å²) in [6.07, 6.45) is 1.37. The van der Waals surface area contributed by atoms with Gasteiger partial charge in [0.25, 0.3) is 0 Å². The topological polar surface area (TPSA) is 98.2 Å². The van der Waals surface area contributed by atoms with Crippen molar-refractivity contribution >= 4 is 23.1 Å². The van der Waals surface area contributed by atoms with E-state index in [9.17, 15) is 9.59 Å². The first kappa shape index (κ1) is 15.5. The highest BCUT2D eigenvalue weighted by atomic mass is 16.2. The summed E-state index contributed by atoms with van der Waals surface area (Å²) in [5, 5.41) is 2.81. The molecule has 0 radical (unpaired) electrons. The number of Topliss-reactive ketones (excluding diaryl/α,β-unsaturated/α-hetero) is 1. The number of hydrogen-bond acceptors (Lipinski definition) is 4. The minimum Gasteiger partial charge on any atom is -0.397 e. The van der Waals surface area contributed by atoms with Gasteiger partial charge >= 0.3 is 0 Å². The molecule has 0 bridgehead atoms. The molecule has 0 aromatic heterocycles. The highest BCUT2D eigenvalue weighted by molar-refractivity contribution is 6.01. The maximum Gasteiger partial charge on any atom is 0.228 e. The maximum atomic E-state index is 12.1. The van der Waals surface area contributed by atoms with Gasteiger partial charge in [-0.2, -0.15) is 0 Å². The molecule has 0 fully saturated rings. The van der Waals surface area contributed by atoms with E-state index in [1.807, 2.05) is 26.0 Å². The summed E-state index contributed by atoms with van der Waals surface area (Å²) >= 11 is 0. The van der Waals surface area contributed by atoms with Crippen LogP contribution in [0.15, 0.2) is 18.2 Å². The second kappa shape index (κ2) is 6.26. The molecule has 5 N–H and O–H groups in total. The number of fused-ring (bicyclic) bond motifs is 1. The van der Waals surface area contributed by atoms with Crippen LogP contribution < -0.4 is 16.8 Å². The summed E-state index contributed by atoms with van der Waals surface area (Å²) in [4.78, 5) is 24.3. The SMILES string of the molecule is CC(C)C[C@@H](N)C(=O)CC1Cc2cccc(N)c2NC1=O. The Bertz CT molecular complexity index is 554. The molecular weight excluding hydrogens is 266 g/mol. The fourth-order valence-electron chi connectivity index (χ4n) is 2.72. The first-order valence-corrected chi connectivity index (χ1v) is 7.35. The zero-order valence-corrected chi connectivity index (χ0v) is 12.6. The zero-order valence-electron chi connectivity index (χ0n) is 12.6. The number of anilines is 2. The van der Waals surface area contributed by atoms with Gasteiger partial charge in [0.1, 0.15) is 5.78 Å². The number of nitrogens with two attached hydrogens (primary N) is 2. The van der Waals surface area contributed by atoms with Crippen LogP contribution in [0.4, 0.5) is 11.4 Å². The fourth-order valence-corrected chi connectivity index (χ4v) is 2.72. The molecule has 0 saturated heterocycles. The Balaban J connectivity index is 2.06. The Morgan fingerprint density at radius 3 is 2.81 bits per heavy atom. The molecule has 0 aliphatic carbocycles. The van der Waals surface area contributed by atoms with Gasteiger partial charge in [0, 0.05) is 12.3 Å². The predicted molar refractivity (Wildman–Crippen MR) is 83.7 cm³/mol. The largest absolute Gasteiger partial charge is 0.397 e. The molecule has 1 aromatic carbocycles. The Labute approximate surface area is 125 Å². The highest BCUT2D eigenvalue weighted by Gasteiger charge is 2.30. The number of ketones is 1. The van der Waals surface area contributed by atoms with Crippen molar-refractivity contribution in [2.24, 2.45) is 17.6 Å². The molecule has 0 spiro atoms. The first-order valence-electron chi connectivity index (χ1n) is 7.35. The summed E-state index contributed by atoms with van der Waals surface area (Å²) in [6.45, 7) is 4.05. The summed E-state index contributed by atoms with van der Waals surface area (Å²) in [5.74, 6) is -0.184. The van der Waals surface area contributed by atoms with Crippen molar-refractivity contribution < 1.29 is 9.59 Å². The van der Waals surface area contributed by atoms with Crippen molar-refractivity contribution in [1.29, 1.82) is 0 Å². The molecule has 2 rings (SSSR count). The van der Waals surface area contributed by atoms with Gasteiger partial charge in [-0.05, 0) is 30.4 Å². The standard InChI is InChI=1S/C16H23N3O2/c1-9(2)6-13(18)14(20)8-11-7-10-4-3-5-12(17)15(10)19-16(11)21/h3-5,9,11,13H,6-8,17-18H2,1-2H3,(H,19,21)/t11?,13-/m1/s1. The average Bonchev–Trinajstić information content (AvgIpc) is 2.40. The van der Waals surface area contributed by atoms with Gasteiger partial charge in [-0.1, -0.05) is 26.0 Å². The van der Waals surface area contributed by atoms with Crippen molar-refractivity contribution in [2.45, 2.75) is 39.2 Å². The molecule has 1 unspecified atom stereocenters. The second-order valence-electron chi connectivity index (χ2n) is 6.18. The Morgan fingerprint density at radius 2 is 2.14 bits per heavy atom. The number of nitrogens with one attached hydrogen (secondary N) is 1. The van der Waals surface area contributed by atoms with Crippen LogP contribution in [0.1, 0.15) is 32.3 Å². The molecular formula is C16H23N3O2. The quantitative estimate of drug-likeness (QED) is 0.719. The van der Waals surface area contributed by atoms with E-state index in [1.165, 1.54) is 0 Å². The lowest BCUT2D eigenvalue weighted by atomic mass is 9.86. The highest BCUT2D eigenvalue weighted by Crippen LogP contribution is 2.31. The van der Waals surface area contributed by atoms with E-state index in [0.29, 0.717) is 30.1 Å². The fraction of sp³-hybridized carbons (Fsp3) is 0.500. The number of hydrogen-bond donors (Lipinski definition) is 3. The molecule has 1 heterocycles. The molecule has 1 aliphatic rings. The van der Waals surface area contributed by atoms with Gasteiger partial charge < -0.3 is 16.8 Å². The lowest BCUT2D eigenvalue weighted by Crippen LogP contribution is -2.38. The summed E-state index contributed by atoms with van der Waals surface area (Å²) in [5.41, 5.74) is 14.0. The lowest BCUT2D eigenvalue weighted by molar-refractivity contribution is -0.127. The Hall–Kier alpha value is -1.88. The zero-order chi connectivity index (χ0) is 15.6. The van der Waals surface area contributed by atoms with Gasteiger partial charge in [0.15, 0.2) is 0 Å². The molecule has 2 atom stereocenters. The number of benzene rings is 1. The number of para-hydroxylation sites is 1. The minimum absolute atomic E-state index is 0.0452. The van der Waals surface area contributed by atoms with Crippen molar-refractivity contribution in [1.82, 2.24) is 0 Å². The van der Waals surface area contributed by atoms with Crippen LogP contribution in [-0.4, -0.2) is 17.7 Å². The van der Waals surface area contributed by atoms with Gasteiger partial charge in [0.2, 0.25) is 5.91 Å². The Kier molecular flexibility index (Phi) is 4.63. The van der Waals surface area contributed by atoms with Crippen LogP contribution in [0, 0.1) is 11.8 Å². The van der Waals surface area contributed by atoms with Crippen molar-refractivity contribution in [3.05, 3.63) is 23.8 Å². The van der Waals surface area contributed by atoms with Crippen LogP contribution in [0.2, 0.25) is 0 Å². The van der Waals surface area contributed by atoms with E-state index >= 15 is 0 Å². The van der Waals surface area contributed by atoms with Gasteiger partial charge in [-0.15, -0.1) is 0 Å². The molecule has 1 aliphatic heterocycles. The van der Waals surface area contributed by atoms with E-state index < -0.39 is 6.04 Å². The van der Waals surface area contributed by atoms with E-state index in [2.05, 4.69) is 5.32 Å². The molecule has 0 saturated carbocycles. The minimum atomic E-state index is -0.486. The van der Waals surface area contributed by atoms with Crippen LogP contribution in [0.5, 0.6) is 0 Å². The number of carbonyl (C=O) groups is 2. The van der Waals surface area contributed by atoms with Crippen molar-refractivity contribution in [3.8, 4) is 0 Å². The molecule has 5 heteroatoms. The summed E-state index contributed by atoms with van der Waals surface area (Å²) in [7, 11) is 0. The van der Waals surface area contributed by atoms with E-state index in [1.54, 1.807) is 6.07 Å². The monoisotopic (exact) mass is 289 g/mol. The van der Waals surface area contributed by atoms with E-state index in [4.69, 9.17) is 11.5 Å². The van der Waals surface area contributed by atoms with Crippen LogP contribution >= 0.6 is 0 Å². The number of amides is 1. The molecule has 1 aromatic rings. The van der Waals surface area contributed by atoms with Gasteiger partial charge in [0.05, 0.1) is 17.4 Å². The average molecular weight is 289 g/mol. The second-order valence-corrected chi connectivity index (χ2v) is 6.18. The first-order chi connectivity index (χ1) is 9.88. The van der Waals surface area contributed by atoms with Gasteiger partial charge in [-0.3, -0.25) is 9.59 Å². The third-order valence-corrected chi connectivity index (χ3v) is 3.85. The van der Waals surface area contributed by atoms with Crippen LogP contribution in [0.25, 0.3) is 0 Å². The number of carbonyl (C=O) groups excluding carboxylic acids is 2. The van der Waals surface area contributed by atoms with Crippen LogP contribution in [-0.2, 0) is 16.0 Å². The number of rotatable bonds is 5. The maximum absolute atomic E-state index is 12.1. The molecule has 1 amide bonds. The lowest BCUT2D eigenvalue weighted by Gasteiger charge is -2.26. The molecule has 21 heavy (non-hydrogen) atoms. The third kappa shape index (κ3) is 3.61. The van der Waals surface area contributed by atoms with Crippen LogP contribution in [0.3, 0.4) is 0 Å². The Morgan fingerprint density at radius 1 is 1.43 bits per heavy atom. The normalized spacial score (nSPS) is 19.0. The van der Waals surface area contributed by atoms with Gasteiger partial charge in [-0.25, -0.2) is 0 Å². The summed E-state index contributed by atoms with van der Waals surface area (Å²) in [6, 6.07) is 5.05. The smallest absolute Gasteiger partial charge is 0.228 e. The predicted octanol–water partition coefficient (Wildman–Crippen LogP) is 1.71. The van der Waals surface area contributed by atoms with Crippen molar-refractivity contribution in [2.75, 3.05) is 11.1 Å². The molecule has 5 nitrogen and oxygen atoms in total. The van der Waals surface area contributed by atoms with Crippen molar-refractivity contribution in [3.63, 3.8) is 0 Å².